The molecule has 0 amide bonds. The quantitative estimate of drug-likeness (QED) is 0.685. The van der Waals surface area contributed by atoms with Gasteiger partial charge in [0.15, 0.2) is 5.82 Å². The number of anilines is 1. The Labute approximate surface area is 58.9 Å². The molecule has 1 heterocycles. The first kappa shape index (κ1) is 6.92. The van der Waals surface area contributed by atoms with Crippen LogP contribution in [0.3, 0.4) is 0 Å². The molecule has 0 bridgehead atoms. The van der Waals surface area contributed by atoms with E-state index in [9.17, 15) is 0 Å². The molecule has 56 valence electrons. The number of rotatable bonds is 3. The van der Waals surface area contributed by atoms with E-state index in [2.05, 4.69) is 9.68 Å². The van der Waals surface area contributed by atoms with Gasteiger partial charge in [0.05, 0.1) is 12.7 Å². The molecule has 4 nitrogen and oxygen atoms in total. The molecule has 10 heavy (non-hydrogen) atoms. The minimum atomic E-state index is 0.353. The summed E-state index contributed by atoms with van der Waals surface area (Å²) in [6.45, 7) is 2.65. The zero-order chi connectivity index (χ0) is 7.40. The van der Waals surface area contributed by atoms with E-state index in [1.807, 2.05) is 6.92 Å². The van der Waals surface area contributed by atoms with Crippen LogP contribution in [0.25, 0.3) is 0 Å². The third-order valence-electron chi connectivity index (χ3n) is 0.955. The van der Waals surface area contributed by atoms with Crippen molar-refractivity contribution in [3.05, 3.63) is 6.07 Å². The van der Waals surface area contributed by atoms with E-state index in [1.165, 1.54) is 0 Å². The average molecular weight is 142 g/mol. The monoisotopic (exact) mass is 142 g/mol. The van der Waals surface area contributed by atoms with Crippen LogP contribution in [0, 0.1) is 0 Å². The van der Waals surface area contributed by atoms with E-state index in [0.29, 0.717) is 18.4 Å². The van der Waals surface area contributed by atoms with E-state index in [-0.39, 0.29) is 0 Å². The molecule has 1 aromatic heterocycles. The van der Waals surface area contributed by atoms with Crippen LogP contribution in [0.2, 0.25) is 0 Å². The molecule has 0 radical (unpaired) electrons. The van der Waals surface area contributed by atoms with Crippen LogP contribution in [-0.2, 0) is 0 Å². The van der Waals surface area contributed by atoms with Gasteiger partial charge < -0.3 is 15.0 Å². The van der Waals surface area contributed by atoms with Crippen molar-refractivity contribution >= 4 is 5.82 Å². The lowest BCUT2D eigenvalue weighted by atomic mass is 10.5. The highest BCUT2D eigenvalue weighted by atomic mass is 16.6. The Balaban J connectivity index is 2.42. The van der Waals surface area contributed by atoms with E-state index < -0.39 is 0 Å². The van der Waals surface area contributed by atoms with Crippen molar-refractivity contribution in [2.45, 2.75) is 13.3 Å². The second kappa shape index (κ2) is 3.10. The van der Waals surface area contributed by atoms with Crippen molar-refractivity contribution in [3.8, 4) is 5.95 Å². The normalized spacial score (nSPS) is 9.70. The van der Waals surface area contributed by atoms with E-state index in [1.54, 1.807) is 6.07 Å². The third kappa shape index (κ3) is 1.65. The molecular weight excluding hydrogens is 132 g/mol. The summed E-state index contributed by atoms with van der Waals surface area (Å²) >= 11 is 0. The van der Waals surface area contributed by atoms with Crippen LogP contribution in [-0.4, -0.2) is 11.8 Å². The lowest BCUT2D eigenvalue weighted by molar-refractivity contribution is 0.215. The van der Waals surface area contributed by atoms with Gasteiger partial charge in [-0.25, -0.2) is 0 Å². The maximum Gasteiger partial charge on any atom is 0.313 e. The van der Waals surface area contributed by atoms with Crippen LogP contribution in [0.5, 0.6) is 5.95 Å². The molecule has 0 atom stereocenters. The van der Waals surface area contributed by atoms with Gasteiger partial charge in [0.2, 0.25) is 0 Å². The highest BCUT2D eigenvalue weighted by molar-refractivity contribution is 5.29. The molecule has 0 aliphatic heterocycles. The number of hydrogen-bond acceptors (Lipinski definition) is 4. The molecule has 0 unspecified atom stereocenters. The van der Waals surface area contributed by atoms with E-state index in [0.717, 1.165) is 6.42 Å². The number of ether oxygens (including phenoxy) is 1. The largest absolute Gasteiger partial charge is 0.464 e. The van der Waals surface area contributed by atoms with Crippen molar-refractivity contribution in [1.29, 1.82) is 0 Å². The molecule has 0 spiro atoms. The fraction of sp³-hybridized carbons (Fsp3) is 0.500. The molecular formula is C6H10N2O2. The van der Waals surface area contributed by atoms with E-state index >= 15 is 0 Å². The number of nitrogens with two attached hydrogens (primary N) is 1. The molecule has 0 aliphatic carbocycles. The fourth-order valence-electron chi connectivity index (χ4n) is 0.542. The highest BCUT2D eigenvalue weighted by Crippen LogP contribution is 2.12. The second-order valence-electron chi connectivity index (χ2n) is 1.92. The van der Waals surface area contributed by atoms with Gasteiger partial charge in [-0.1, -0.05) is 12.1 Å². The Morgan fingerprint density at radius 1 is 1.80 bits per heavy atom. The van der Waals surface area contributed by atoms with Crippen molar-refractivity contribution in [3.63, 3.8) is 0 Å². The summed E-state index contributed by atoms with van der Waals surface area (Å²) in [5.74, 6) is 0.741. The molecule has 1 rings (SSSR count). The smallest absolute Gasteiger partial charge is 0.313 e. The van der Waals surface area contributed by atoms with Gasteiger partial charge >= 0.3 is 5.95 Å². The number of nitrogens with zero attached hydrogens (tertiary/aromatic N) is 1. The van der Waals surface area contributed by atoms with Crippen LogP contribution in [0.15, 0.2) is 10.6 Å². The number of nitrogen functional groups attached to an aromatic ring is 1. The van der Waals surface area contributed by atoms with Gasteiger partial charge in [-0.15, -0.1) is 0 Å². The summed E-state index contributed by atoms with van der Waals surface area (Å²) in [4.78, 5) is 0. The Bertz CT molecular complexity index is 197. The summed E-state index contributed by atoms with van der Waals surface area (Å²) < 4.78 is 9.74. The SMILES string of the molecule is CCCOc1cc(N)no1. The summed E-state index contributed by atoms with van der Waals surface area (Å²) in [5.41, 5.74) is 5.27. The first-order valence-electron chi connectivity index (χ1n) is 3.18. The molecule has 4 heteroatoms. The summed E-state index contributed by atoms with van der Waals surface area (Å²) in [5, 5.41) is 3.45. The fourth-order valence-corrected chi connectivity index (χ4v) is 0.542. The average Bonchev–Trinajstić information content (AvgIpc) is 2.31. The molecule has 0 saturated heterocycles. The van der Waals surface area contributed by atoms with Crippen molar-refractivity contribution in [2.75, 3.05) is 12.3 Å². The van der Waals surface area contributed by atoms with Crippen molar-refractivity contribution in [2.24, 2.45) is 0 Å². The Morgan fingerprint density at radius 2 is 2.60 bits per heavy atom. The minimum absolute atomic E-state index is 0.353. The van der Waals surface area contributed by atoms with Crippen LogP contribution in [0.1, 0.15) is 13.3 Å². The molecule has 0 saturated carbocycles. The van der Waals surface area contributed by atoms with Gasteiger partial charge in [0.25, 0.3) is 0 Å². The van der Waals surface area contributed by atoms with Gasteiger partial charge in [0, 0.05) is 0 Å². The molecule has 1 aromatic rings. The zero-order valence-corrected chi connectivity index (χ0v) is 5.83. The summed E-state index contributed by atoms with van der Waals surface area (Å²) in [6.07, 6.45) is 0.945. The Hall–Kier alpha value is -1.19. The standard InChI is InChI=1S/C6H10N2O2/c1-2-3-9-6-4-5(7)8-10-6/h4H,2-3H2,1H3,(H2,7,8). The Kier molecular flexibility index (Phi) is 2.15. The molecule has 2 N–H and O–H groups in total. The van der Waals surface area contributed by atoms with Crippen LogP contribution in [0.4, 0.5) is 5.82 Å². The summed E-state index contributed by atoms with van der Waals surface area (Å²) in [6, 6.07) is 1.55. The van der Waals surface area contributed by atoms with Gasteiger partial charge in [-0.3, -0.25) is 0 Å². The first-order valence-corrected chi connectivity index (χ1v) is 3.18. The highest BCUT2D eigenvalue weighted by Gasteiger charge is 1.98. The first-order chi connectivity index (χ1) is 4.83. The van der Waals surface area contributed by atoms with Gasteiger partial charge in [-0.2, -0.15) is 0 Å². The second-order valence-corrected chi connectivity index (χ2v) is 1.92. The summed E-state index contributed by atoms with van der Waals surface area (Å²) in [7, 11) is 0. The molecule has 0 fully saturated rings. The maximum absolute atomic E-state index is 5.27. The van der Waals surface area contributed by atoms with E-state index in [4.69, 9.17) is 10.5 Å². The molecule has 0 aromatic carbocycles. The number of aromatic nitrogens is 1. The van der Waals surface area contributed by atoms with Crippen molar-refractivity contribution in [1.82, 2.24) is 5.16 Å². The number of hydrogen-bond donors (Lipinski definition) is 1. The van der Waals surface area contributed by atoms with Gasteiger partial charge in [-0.05, 0) is 6.42 Å². The zero-order valence-electron chi connectivity index (χ0n) is 5.83. The Morgan fingerprint density at radius 3 is 3.10 bits per heavy atom. The minimum Gasteiger partial charge on any atom is -0.464 e. The topological polar surface area (TPSA) is 61.3 Å². The molecule has 0 aliphatic rings. The third-order valence-corrected chi connectivity index (χ3v) is 0.955. The predicted molar refractivity (Wildman–Crippen MR) is 36.7 cm³/mol. The predicted octanol–water partition coefficient (Wildman–Crippen LogP) is 1.05. The van der Waals surface area contributed by atoms with Crippen LogP contribution >= 0.6 is 0 Å². The lowest BCUT2D eigenvalue weighted by Gasteiger charge is -1.94. The van der Waals surface area contributed by atoms with Crippen molar-refractivity contribution < 1.29 is 9.26 Å². The maximum atomic E-state index is 5.27. The van der Waals surface area contributed by atoms with Crippen LogP contribution < -0.4 is 10.5 Å². The van der Waals surface area contributed by atoms with Gasteiger partial charge in [0.1, 0.15) is 0 Å². The lowest BCUT2D eigenvalue weighted by Crippen LogP contribution is -1.92.